The monoisotopic (exact) mass is 571 g/mol. The first-order valence-electron chi connectivity index (χ1n) is 18.8. The highest BCUT2D eigenvalue weighted by molar-refractivity contribution is 5.78. The third kappa shape index (κ3) is 36.9. The van der Waals surface area contributed by atoms with Crippen LogP contribution in [0.25, 0.3) is 0 Å². The molecular weight excluding hydrogens is 496 g/mol. The summed E-state index contributed by atoms with van der Waals surface area (Å²) >= 11 is 0. The van der Waals surface area contributed by atoms with E-state index in [0.29, 0.717) is 5.78 Å². The Labute approximate surface area is 259 Å². The van der Waals surface area contributed by atoms with Gasteiger partial charge < -0.3 is 0 Å². The molecule has 0 spiro atoms. The lowest BCUT2D eigenvalue weighted by molar-refractivity contribution is -0.119. The molecule has 240 valence electrons. The molecule has 0 fully saturated rings. The molecule has 0 saturated heterocycles. The van der Waals surface area contributed by atoms with Gasteiger partial charge in [-0.1, -0.05) is 166 Å². The number of ketones is 1. The zero-order valence-corrected chi connectivity index (χ0v) is 28.3. The van der Waals surface area contributed by atoms with Crippen molar-refractivity contribution in [2.45, 2.75) is 213 Å². The summed E-state index contributed by atoms with van der Waals surface area (Å²) in [5.74, 6) is 0.494. The molecule has 0 rings (SSSR count). The molecule has 0 amide bonds. The highest BCUT2D eigenvalue weighted by atomic mass is 16.1. The fourth-order valence-electron chi connectivity index (χ4n) is 5.54. The molecule has 0 aliphatic heterocycles. The van der Waals surface area contributed by atoms with E-state index in [1.807, 2.05) is 0 Å². The van der Waals surface area contributed by atoms with Crippen molar-refractivity contribution in [1.82, 2.24) is 0 Å². The van der Waals surface area contributed by atoms with Gasteiger partial charge in [-0.25, -0.2) is 0 Å². The second-order valence-corrected chi connectivity index (χ2v) is 12.6. The van der Waals surface area contributed by atoms with Gasteiger partial charge in [0.15, 0.2) is 0 Å². The predicted molar refractivity (Wildman–Crippen MR) is 187 cm³/mol. The van der Waals surface area contributed by atoms with E-state index in [4.69, 9.17) is 0 Å². The van der Waals surface area contributed by atoms with E-state index in [-0.39, 0.29) is 0 Å². The minimum absolute atomic E-state index is 0.494. The van der Waals surface area contributed by atoms with Crippen LogP contribution in [0.5, 0.6) is 0 Å². The van der Waals surface area contributed by atoms with Crippen LogP contribution in [0, 0.1) is 0 Å². The Morgan fingerprint density at radius 1 is 0.341 bits per heavy atom. The van der Waals surface area contributed by atoms with Crippen LogP contribution in [-0.4, -0.2) is 5.78 Å². The van der Waals surface area contributed by atoms with Gasteiger partial charge in [-0.2, -0.15) is 0 Å². The largest absolute Gasteiger partial charge is 0.300 e. The predicted octanol–water partition coefficient (Wildman–Crippen LogP) is 14.4. The van der Waals surface area contributed by atoms with Crippen molar-refractivity contribution in [3.8, 4) is 0 Å². The molecule has 0 aliphatic rings. The first kappa shape index (κ1) is 39.9. The Balaban J connectivity index is 3.29. The van der Waals surface area contributed by atoms with Crippen LogP contribution in [0.2, 0.25) is 0 Å². The SMILES string of the molecule is CCCCCCCCCC/C=C/C/C=C/CCCCCCC(=O)CCCCCC/C=C/CCCCCCCCCC. The van der Waals surface area contributed by atoms with Gasteiger partial charge in [0, 0.05) is 12.8 Å². The van der Waals surface area contributed by atoms with Crippen molar-refractivity contribution >= 4 is 5.78 Å². The Morgan fingerprint density at radius 2 is 0.610 bits per heavy atom. The molecule has 0 N–H and O–H groups in total. The Morgan fingerprint density at radius 3 is 0.951 bits per heavy atom. The molecule has 0 radical (unpaired) electrons. The summed E-state index contributed by atoms with van der Waals surface area (Å²) in [5.41, 5.74) is 0. The summed E-state index contributed by atoms with van der Waals surface area (Å²) in [6.45, 7) is 4.57. The van der Waals surface area contributed by atoms with Crippen molar-refractivity contribution in [2.24, 2.45) is 0 Å². The Hall–Kier alpha value is -1.11. The number of carbonyl (C=O) groups excluding carboxylic acids is 1. The molecule has 0 aromatic heterocycles. The minimum Gasteiger partial charge on any atom is -0.300 e. The van der Waals surface area contributed by atoms with Gasteiger partial charge in [0.25, 0.3) is 0 Å². The van der Waals surface area contributed by atoms with Crippen molar-refractivity contribution < 1.29 is 4.79 Å². The molecule has 0 heterocycles. The third-order valence-electron chi connectivity index (χ3n) is 8.37. The Kier molecular flexibility index (Phi) is 35.9. The van der Waals surface area contributed by atoms with E-state index in [9.17, 15) is 4.79 Å². The summed E-state index contributed by atoms with van der Waals surface area (Å²) < 4.78 is 0. The number of carbonyl (C=O) groups is 1. The number of rotatable bonds is 34. The summed E-state index contributed by atoms with van der Waals surface area (Å²) in [6.07, 6.45) is 54.0. The molecule has 1 heteroatoms. The van der Waals surface area contributed by atoms with Crippen LogP contribution in [0.1, 0.15) is 213 Å². The average Bonchev–Trinajstić information content (AvgIpc) is 2.98. The van der Waals surface area contributed by atoms with Crippen LogP contribution in [-0.2, 0) is 4.79 Å². The molecule has 0 aromatic carbocycles. The zero-order chi connectivity index (χ0) is 29.7. The molecule has 0 atom stereocenters. The van der Waals surface area contributed by atoms with E-state index >= 15 is 0 Å². The maximum absolute atomic E-state index is 12.1. The number of Topliss-reactive ketones (excluding diaryl/α,β-unsaturated/α-hetero) is 1. The second kappa shape index (κ2) is 36.9. The van der Waals surface area contributed by atoms with Gasteiger partial charge >= 0.3 is 0 Å². The number of unbranched alkanes of at least 4 members (excludes halogenated alkanes) is 24. The Bertz CT molecular complexity index is 584. The summed E-state index contributed by atoms with van der Waals surface area (Å²) in [6, 6.07) is 0. The number of allylic oxidation sites excluding steroid dienone is 6. The van der Waals surface area contributed by atoms with Gasteiger partial charge in [0.2, 0.25) is 0 Å². The standard InChI is InChI=1S/C40H74O/c1-3-5-7-9-11-13-15-17-19-21-22-23-25-27-29-31-33-35-37-39-40(41)38-36-34-32-30-28-26-24-20-18-16-14-12-10-8-6-4-2/h21-22,24-27H,3-20,23,28-39H2,1-2H3/b22-21+,26-24+,27-25+. The minimum atomic E-state index is 0.494. The fraction of sp³-hybridized carbons (Fsp3) is 0.825. The third-order valence-corrected chi connectivity index (χ3v) is 8.37. The lowest BCUT2D eigenvalue weighted by atomic mass is 10.0. The first-order valence-corrected chi connectivity index (χ1v) is 18.8. The van der Waals surface area contributed by atoms with Crippen molar-refractivity contribution in [2.75, 3.05) is 0 Å². The number of hydrogen-bond donors (Lipinski definition) is 0. The second-order valence-electron chi connectivity index (χ2n) is 12.6. The summed E-state index contributed by atoms with van der Waals surface area (Å²) in [7, 11) is 0. The first-order chi connectivity index (χ1) is 20.3. The fourth-order valence-corrected chi connectivity index (χ4v) is 5.54. The van der Waals surface area contributed by atoms with Crippen LogP contribution < -0.4 is 0 Å². The number of hydrogen-bond acceptors (Lipinski definition) is 1. The van der Waals surface area contributed by atoms with Crippen molar-refractivity contribution in [1.29, 1.82) is 0 Å². The summed E-state index contributed by atoms with van der Waals surface area (Å²) in [4.78, 5) is 12.1. The van der Waals surface area contributed by atoms with Crippen LogP contribution >= 0.6 is 0 Å². The van der Waals surface area contributed by atoms with E-state index in [2.05, 4.69) is 50.3 Å². The van der Waals surface area contributed by atoms with Gasteiger partial charge in [0.1, 0.15) is 5.78 Å². The molecule has 0 saturated carbocycles. The molecule has 0 aliphatic carbocycles. The van der Waals surface area contributed by atoms with E-state index in [1.165, 1.54) is 167 Å². The van der Waals surface area contributed by atoms with Crippen molar-refractivity contribution in [3.63, 3.8) is 0 Å². The highest BCUT2D eigenvalue weighted by Crippen LogP contribution is 2.13. The van der Waals surface area contributed by atoms with Crippen LogP contribution in [0.15, 0.2) is 36.5 Å². The van der Waals surface area contributed by atoms with Gasteiger partial charge in [-0.05, 0) is 70.6 Å². The molecule has 1 nitrogen and oxygen atoms in total. The molecule has 0 unspecified atom stereocenters. The molecule has 0 aromatic rings. The molecular formula is C40H74O. The maximum atomic E-state index is 12.1. The van der Waals surface area contributed by atoms with E-state index in [0.717, 1.165) is 32.1 Å². The maximum Gasteiger partial charge on any atom is 0.132 e. The normalized spacial score (nSPS) is 12.0. The average molecular weight is 571 g/mol. The van der Waals surface area contributed by atoms with Gasteiger partial charge in [-0.3, -0.25) is 4.79 Å². The lowest BCUT2D eigenvalue weighted by Crippen LogP contribution is -1.97. The topological polar surface area (TPSA) is 17.1 Å². The van der Waals surface area contributed by atoms with Crippen LogP contribution in [0.3, 0.4) is 0 Å². The zero-order valence-electron chi connectivity index (χ0n) is 28.3. The van der Waals surface area contributed by atoms with Gasteiger partial charge in [-0.15, -0.1) is 0 Å². The van der Waals surface area contributed by atoms with E-state index < -0.39 is 0 Å². The van der Waals surface area contributed by atoms with Crippen molar-refractivity contribution in [3.05, 3.63) is 36.5 Å². The lowest BCUT2D eigenvalue weighted by Gasteiger charge is -2.02. The van der Waals surface area contributed by atoms with Crippen LogP contribution in [0.4, 0.5) is 0 Å². The smallest absolute Gasteiger partial charge is 0.132 e. The van der Waals surface area contributed by atoms with Gasteiger partial charge in [0.05, 0.1) is 0 Å². The summed E-state index contributed by atoms with van der Waals surface area (Å²) in [5, 5.41) is 0. The highest BCUT2D eigenvalue weighted by Gasteiger charge is 2.01. The molecule has 0 bridgehead atoms. The quantitative estimate of drug-likeness (QED) is 0.0555. The molecule has 41 heavy (non-hydrogen) atoms. The van der Waals surface area contributed by atoms with E-state index in [1.54, 1.807) is 0 Å².